The van der Waals surface area contributed by atoms with Gasteiger partial charge in [0.05, 0.1) is 16.8 Å². The molecule has 4 heteroatoms. The van der Waals surface area contributed by atoms with E-state index < -0.39 is 0 Å². The maximum Gasteiger partial charge on any atom is 0.143 e. The minimum absolute atomic E-state index is 0.879. The van der Waals surface area contributed by atoms with Crippen LogP contribution >= 0.6 is 22.7 Å². The van der Waals surface area contributed by atoms with Gasteiger partial charge in [-0.15, -0.1) is 22.7 Å². The minimum Gasteiger partial charge on any atom is -0.455 e. The van der Waals surface area contributed by atoms with E-state index in [1.807, 2.05) is 22.7 Å². The quantitative estimate of drug-likeness (QED) is 0.185. The van der Waals surface area contributed by atoms with Gasteiger partial charge < -0.3 is 9.32 Å². The summed E-state index contributed by atoms with van der Waals surface area (Å²) in [4.78, 5) is 2.45. The Morgan fingerprint density at radius 3 is 1.88 bits per heavy atom. The first-order chi connectivity index (χ1) is 24.8. The molecule has 3 aromatic heterocycles. The molecule has 0 saturated heterocycles. The Labute approximate surface area is 295 Å². The Bertz CT molecular complexity index is 3130. The van der Waals surface area contributed by atoms with Gasteiger partial charge in [-0.2, -0.15) is 0 Å². The Kier molecular flexibility index (Phi) is 6.03. The van der Waals surface area contributed by atoms with E-state index in [9.17, 15) is 0 Å². The highest BCUT2D eigenvalue weighted by molar-refractivity contribution is 7.26. The van der Waals surface area contributed by atoms with Crippen LogP contribution in [-0.4, -0.2) is 0 Å². The van der Waals surface area contributed by atoms with Crippen LogP contribution in [0.25, 0.3) is 84.2 Å². The van der Waals surface area contributed by atoms with Gasteiger partial charge in [0.25, 0.3) is 0 Å². The summed E-state index contributed by atoms with van der Waals surface area (Å²) in [7, 11) is 0. The highest BCUT2D eigenvalue weighted by atomic mass is 32.1. The average Bonchev–Trinajstić information content (AvgIpc) is 3.86. The molecule has 0 aliphatic rings. The van der Waals surface area contributed by atoms with Gasteiger partial charge in [0.15, 0.2) is 0 Å². The van der Waals surface area contributed by atoms with Crippen molar-refractivity contribution in [2.75, 3.05) is 4.90 Å². The van der Waals surface area contributed by atoms with Crippen molar-refractivity contribution in [1.82, 2.24) is 0 Å². The molecule has 50 heavy (non-hydrogen) atoms. The first-order valence-corrected chi connectivity index (χ1v) is 18.5. The number of hydrogen-bond acceptors (Lipinski definition) is 4. The molecule has 0 aliphatic carbocycles. The second-order valence-electron chi connectivity index (χ2n) is 12.9. The first-order valence-electron chi connectivity index (χ1n) is 16.8. The standard InChI is InChI=1S/C46H27NOS2/c1-2-12-32-28(10-1)20-23-35-45-39(16-9-17-40(45)48-46(32)35)47(30-22-25-44-37(27-30)34-14-5-8-19-42(34)50-44)38-15-6-3-11-31(38)29-21-24-43-36(26-29)33-13-4-7-18-41(33)49-43/h1-27H. The molecule has 11 rings (SSSR count). The Hall–Kier alpha value is -5.94. The number of benzene rings is 8. The molecule has 0 N–H and O–H groups in total. The highest BCUT2D eigenvalue weighted by Gasteiger charge is 2.23. The van der Waals surface area contributed by atoms with Crippen LogP contribution in [0.5, 0.6) is 0 Å². The average molecular weight is 674 g/mol. The van der Waals surface area contributed by atoms with Crippen molar-refractivity contribution < 1.29 is 4.42 Å². The third-order valence-electron chi connectivity index (χ3n) is 10.1. The number of hydrogen-bond donors (Lipinski definition) is 0. The summed E-state index contributed by atoms with van der Waals surface area (Å²) in [5.74, 6) is 0. The van der Waals surface area contributed by atoms with E-state index in [4.69, 9.17) is 4.42 Å². The van der Waals surface area contributed by atoms with E-state index in [-0.39, 0.29) is 0 Å². The zero-order valence-corrected chi connectivity index (χ0v) is 28.4. The Balaban J connectivity index is 1.21. The summed E-state index contributed by atoms with van der Waals surface area (Å²) >= 11 is 3.71. The fraction of sp³-hybridized carbons (Fsp3) is 0. The molecule has 0 unspecified atom stereocenters. The molecule has 0 atom stereocenters. The van der Waals surface area contributed by atoms with Gasteiger partial charge in [0, 0.05) is 62.4 Å². The summed E-state index contributed by atoms with van der Waals surface area (Å²) in [5.41, 5.74) is 7.49. The largest absolute Gasteiger partial charge is 0.455 e. The third-order valence-corrected chi connectivity index (χ3v) is 12.4. The molecule has 0 radical (unpaired) electrons. The van der Waals surface area contributed by atoms with Gasteiger partial charge in [-0.25, -0.2) is 0 Å². The van der Waals surface area contributed by atoms with Gasteiger partial charge >= 0.3 is 0 Å². The number of fused-ring (bicyclic) bond motifs is 11. The molecule has 8 aromatic carbocycles. The van der Waals surface area contributed by atoms with Crippen LogP contribution in [0.1, 0.15) is 0 Å². The minimum atomic E-state index is 0.879. The topological polar surface area (TPSA) is 16.4 Å². The third kappa shape index (κ3) is 4.13. The predicted molar refractivity (Wildman–Crippen MR) is 217 cm³/mol. The number of nitrogens with zero attached hydrogens (tertiary/aromatic N) is 1. The second kappa shape index (κ2) is 10.8. The monoisotopic (exact) mass is 673 g/mol. The molecule has 0 aliphatic heterocycles. The van der Waals surface area contributed by atoms with Crippen LogP contribution in [0.15, 0.2) is 168 Å². The molecule has 11 aromatic rings. The van der Waals surface area contributed by atoms with Crippen LogP contribution in [-0.2, 0) is 0 Å². The van der Waals surface area contributed by atoms with Crippen molar-refractivity contribution in [2.24, 2.45) is 0 Å². The lowest BCUT2D eigenvalue weighted by Gasteiger charge is -2.28. The van der Waals surface area contributed by atoms with Crippen molar-refractivity contribution in [3.8, 4) is 11.1 Å². The predicted octanol–water partition coefficient (Wildman–Crippen LogP) is 14.6. The van der Waals surface area contributed by atoms with E-state index in [2.05, 4.69) is 169 Å². The van der Waals surface area contributed by atoms with Crippen LogP contribution in [0.4, 0.5) is 17.1 Å². The number of anilines is 3. The normalized spacial score (nSPS) is 12.0. The SMILES string of the molecule is c1ccc(N(c2ccc3sc4ccccc4c3c2)c2cccc3oc4c5ccccc5ccc4c23)c(-c2ccc3sc4ccccc4c3c2)c1. The molecule has 0 bridgehead atoms. The van der Waals surface area contributed by atoms with Gasteiger partial charge in [-0.1, -0.05) is 97.1 Å². The lowest BCUT2D eigenvalue weighted by molar-refractivity contribution is 0.672. The second-order valence-corrected chi connectivity index (χ2v) is 15.0. The van der Waals surface area contributed by atoms with E-state index in [0.29, 0.717) is 0 Å². The van der Waals surface area contributed by atoms with Gasteiger partial charge in [-0.05, 0) is 77.7 Å². The van der Waals surface area contributed by atoms with Gasteiger partial charge in [-0.3, -0.25) is 0 Å². The highest BCUT2D eigenvalue weighted by Crippen LogP contribution is 2.48. The van der Waals surface area contributed by atoms with Crippen LogP contribution < -0.4 is 4.90 Å². The molecule has 3 heterocycles. The molecule has 234 valence electrons. The maximum absolute atomic E-state index is 6.72. The zero-order valence-electron chi connectivity index (χ0n) is 26.8. The van der Waals surface area contributed by atoms with E-state index in [1.165, 1.54) is 56.9 Å². The number of thiophene rings is 2. The Morgan fingerprint density at radius 1 is 0.420 bits per heavy atom. The van der Waals surface area contributed by atoms with E-state index in [0.717, 1.165) is 44.4 Å². The fourth-order valence-corrected chi connectivity index (χ4v) is 9.96. The zero-order chi connectivity index (χ0) is 32.8. The summed E-state index contributed by atoms with van der Waals surface area (Å²) in [5, 5.41) is 9.69. The lowest BCUT2D eigenvalue weighted by Crippen LogP contribution is -2.11. The molecule has 2 nitrogen and oxygen atoms in total. The summed E-state index contributed by atoms with van der Waals surface area (Å²) in [6.07, 6.45) is 0. The molecule has 0 amide bonds. The van der Waals surface area contributed by atoms with Crippen molar-refractivity contribution in [3.05, 3.63) is 164 Å². The van der Waals surface area contributed by atoms with Crippen LogP contribution in [0.3, 0.4) is 0 Å². The molecule has 0 fully saturated rings. The smallest absolute Gasteiger partial charge is 0.143 e. The van der Waals surface area contributed by atoms with Crippen molar-refractivity contribution in [2.45, 2.75) is 0 Å². The summed E-state index contributed by atoms with van der Waals surface area (Å²) < 4.78 is 11.9. The Morgan fingerprint density at radius 2 is 1.06 bits per heavy atom. The number of para-hydroxylation sites is 1. The van der Waals surface area contributed by atoms with Crippen LogP contribution in [0.2, 0.25) is 0 Å². The number of rotatable bonds is 4. The van der Waals surface area contributed by atoms with Crippen molar-refractivity contribution in [1.29, 1.82) is 0 Å². The lowest BCUT2D eigenvalue weighted by atomic mass is 9.98. The van der Waals surface area contributed by atoms with Crippen LogP contribution in [0, 0.1) is 0 Å². The van der Waals surface area contributed by atoms with E-state index >= 15 is 0 Å². The van der Waals surface area contributed by atoms with Crippen molar-refractivity contribution >= 4 is 113 Å². The molecular formula is C46H27NOS2. The van der Waals surface area contributed by atoms with Gasteiger partial charge in [0.2, 0.25) is 0 Å². The van der Waals surface area contributed by atoms with Gasteiger partial charge in [0.1, 0.15) is 11.2 Å². The van der Waals surface area contributed by atoms with E-state index in [1.54, 1.807) is 0 Å². The molecular weight excluding hydrogens is 647 g/mol. The molecule has 0 saturated carbocycles. The number of furan rings is 1. The summed E-state index contributed by atoms with van der Waals surface area (Å²) in [6.45, 7) is 0. The molecule has 0 spiro atoms. The maximum atomic E-state index is 6.72. The first kappa shape index (κ1) is 28.0. The summed E-state index contributed by atoms with van der Waals surface area (Å²) in [6, 6.07) is 59.6. The fourth-order valence-electron chi connectivity index (χ4n) is 7.79. The van der Waals surface area contributed by atoms with Crippen molar-refractivity contribution in [3.63, 3.8) is 0 Å².